The van der Waals surface area contributed by atoms with Gasteiger partial charge in [0.05, 0.1) is 23.3 Å². The van der Waals surface area contributed by atoms with Crippen molar-refractivity contribution in [2.45, 2.75) is 13.3 Å². The molecule has 6 nitrogen and oxygen atoms in total. The number of carbonyl (C=O) groups is 1. The van der Waals surface area contributed by atoms with Crippen LogP contribution in [0.2, 0.25) is 0 Å². The molecule has 0 atom stereocenters. The van der Waals surface area contributed by atoms with E-state index in [1.54, 1.807) is 6.20 Å². The molecule has 2 aromatic rings. The number of anilines is 1. The van der Waals surface area contributed by atoms with Crippen LogP contribution >= 0.6 is 22.9 Å². The Kier molecular flexibility index (Phi) is 4.57. The maximum Gasteiger partial charge on any atom is 0.271 e. The fourth-order valence-electron chi connectivity index (χ4n) is 1.29. The largest absolute Gasteiger partial charge is 0.320 e. The molecule has 0 aliphatic carbocycles. The van der Waals surface area contributed by atoms with Gasteiger partial charge in [-0.25, -0.2) is 4.98 Å². The quantitative estimate of drug-likeness (QED) is 0.827. The zero-order valence-electron chi connectivity index (χ0n) is 10.1. The molecule has 1 amide bonds. The van der Waals surface area contributed by atoms with E-state index >= 15 is 0 Å². The monoisotopic (exact) mass is 293 g/mol. The normalized spacial score (nSPS) is 9.79. The van der Waals surface area contributed by atoms with Gasteiger partial charge in [0.25, 0.3) is 5.91 Å². The minimum absolute atomic E-state index is 0.237. The third-order valence-electron chi connectivity index (χ3n) is 2.14. The van der Waals surface area contributed by atoms with E-state index in [9.17, 15) is 4.79 Å². The Morgan fingerprint density at radius 3 is 3.16 bits per heavy atom. The zero-order valence-corrected chi connectivity index (χ0v) is 11.8. The smallest absolute Gasteiger partial charge is 0.271 e. The minimum atomic E-state index is -0.237. The molecular formula is C11H11N5OS2. The predicted octanol–water partition coefficient (Wildman–Crippen LogP) is 1.12. The Morgan fingerprint density at radius 2 is 2.42 bits per heavy atom. The molecule has 0 spiro atoms. The van der Waals surface area contributed by atoms with E-state index in [1.165, 1.54) is 11.3 Å². The Balaban J connectivity index is 2.09. The molecule has 0 radical (unpaired) electrons. The molecule has 2 aromatic heterocycles. The van der Waals surface area contributed by atoms with Crippen LogP contribution < -0.4 is 11.1 Å². The number of aryl methyl sites for hydroxylation is 1. The summed E-state index contributed by atoms with van der Waals surface area (Å²) in [5.41, 5.74) is 5.98. The van der Waals surface area contributed by atoms with Crippen molar-refractivity contribution >= 4 is 33.9 Å². The van der Waals surface area contributed by atoms with Crippen molar-refractivity contribution < 1.29 is 4.79 Å². The Labute approximate surface area is 118 Å². The van der Waals surface area contributed by atoms with Crippen molar-refractivity contribution in [2.75, 3.05) is 11.9 Å². The van der Waals surface area contributed by atoms with Crippen LogP contribution in [0.1, 0.15) is 27.2 Å². The van der Waals surface area contributed by atoms with Crippen LogP contribution in [-0.4, -0.2) is 27.0 Å². The van der Waals surface area contributed by atoms with Gasteiger partial charge in [-0.15, -0.1) is 5.10 Å². The van der Waals surface area contributed by atoms with Gasteiger partial charge >= 0.3 is 0 Å². The minimum Gasteiger partial charge on any atom is -0.320 e. The molecule has 0 aliphatic rings. The van der Waals surface area contributed by atoms with Crippen LogP contribution in [-0.2, 0) is 6.42 Å². The molecule has 3 N–H and O–H groups in total. The molecule has 0 aliphatic heterocycles. The van der Waals surface area contributed by atoms with Crippen molar-refractivity contribution in [3.8, 4) is 11.8 Å². The Bertz CT molecular complexity index is 637. The van der Waals surface area contributed by atoms with E-state index in [0.29, 0.717) is 28.7 Å². The van der Waals surface area contributed by atoms with Gasteiger partial charge in [0.2, 0.25) is 0 Å². The van der Waals surface area contributed by atoms with E-state index in [1.807, 2.05) is 6.92 Å². The molecule has 0 bridgehead atoms. The van der Waals surface area contributed by atoms with Gasteiger partial charge in [-0.3, -0.25) is 10.1 Å². The van der Waals surface area contributed by atoms with Gasteiger partial charge < -0.3 is 5.73 Å². The number of nitrogens with two attached hydrogens (primary N) is 1. The standard InChI is InChI=1S/C11H11N5OS2/c1-2-8-9(19-16-15-8)10(17)14-11-13-6-7(18-11)4-3-5-12/h6H,2,5,12H2,1H3,(H,13,14,17). The predicted molar refractivity (Wildman–Crippen MR) is 75.3 cm³/mol. The van der Waals surface area contributed by atoms with Crippen molar-refractivity contribution in [2.24, 2.45) is 5.73 Å². The highest BCUT2D eigenvalue weighted by molar-refractivity contribution is 7.16. The van der Waals surface area contributed by atoms with Crippen molar-refractivity contribution in [1.82, 2.24) is 14.6 Å². The summed E-state index contributed by atoms with van der Waals surface area (Å²) in [5.74, 6) is 5.36. The highest BCUT2D eigenvalue weighted by Crippen LogP contribution is 2.19. The lowest BCUT2D eigenvalue weighted by Crippen LogP contribution is -2.11. The summed E-state index contributed by atoms with van der Waals surface area (Å²) in [7, 11) is 0. The van der Waals surface area contributed by atoms with Gasteiger partial charge in [-0.05, 0) is 18.0 Å². The van der Waals surface area contributed by atoms with Gasteiger partial charge in [0, 0.05) is 0 Å². The molecule has 0 aromatic carbocycles. The number of hydrogen-bond donors (Lipinski definition) is 2. The lowest BCUT2D eigenvalue weighted by atomic mass is 10.3. The lowest BCUT2D eigenvalue weighted by molar-refractivity contribution is 0.102. The average molecular weight is 293 g/mol. The van der Waals surface area contributed by atoms with E-state index in [-0.39, 0.29) is 5.91 Å². The first-order valence-corrected chi connectivity index (χ1v) is 7.11. The summed E-state index contributed by atoms with van der Waals surface area (Å²) in [6, 6.07) is 0. The number of nitrogens with one attached hydrogen (secondary N) is 1. The number of rotatable bonds is 3. The summed E-state index contributed by atoms with van der Waals surface area (Å²) >= 11 is 2.38. The second-order valence-electron chi connectivity index (χ2n) is 3.39. The number of thiazole rings is 1. The summed E-state index contributed by atoms with van der Waals surface area (Å²) in [6.45, 7) is 2.23. The number of hydrogen-bond acceptors (Lipinski definition) is 7. The molecule has 2 heterocycles. The fourth-order valence-corrected chi connectivity index (χ4v) is 2.63. The Morgan fingerprint density at radius 1 is 1.58 bits per heavy atom. The van der Waals surface area contributed by atoms with Crippen LogP contribution in [0.25, 0.3) is 0 Å². The second kappa shape index (κ2) is 6.38. The molecule has 2 rings (SSSR count). The van der Waals surface area contributed by atoms with E-state index in [2.05, 4.69) is 31.7 Å². The first-order chi connectivity index (χ1) is 9.24. The fraction of sp³-hybridized carbons (Fsp3) is 0.273. The topological polar surface area (TPSA) is 93.8 Å². The molecule has 0 saturated carbocycles. The number of carbonyl (C=O) groups excluding carboxylic acids is 1. The van der Waals surface area contributed by atoms with Gasteiger partial charge in [0.1, 0.15) is 4.88 Å². The highest BCUT2D eigenvalue weighted by Gasteiger charge is 2.16. The van der Waals surface area contributed by atoms with Crippen LogP contribution in [0.4, 0.5) is 5.13 Å². The molecule has 0 fully saturated rings. The van der Waals surface area contributed by atoms with E-state index < -0.39 is 0 Å². The highest BCUT2D eigenvalue weighted by atomic mass is 32.1. The van der Waals surface area contributed by atoms with Crippen LogP contribution in [0, 0.1) is 11.8 Å². The molecular weight excluding hydrogens is 282 g/mol. The summed E-state index contributed by atoms with van der Waals surface area (Å²) in [5, 5.41) is 7.11. The SMILES string of the molecule is CCc1nnsc1C(=O)Nc1ncc(C#CCN)s1. The van der Waals surface area contributed by atoms with Crippen molar-refractivity contribution in [3.63, 3.8) is 0 Å². The third kappa shape index (κ3) is 3.35. The number of amides is 1. The van der Waals surface area contributed by atoms with E-state index in [0.717, 1.165) is 16.4 Å². The summed E-state index contributed by atoms with van der Waals surface area (Å²) in [4.78, 5) is 17.4. The first kappa shape index (κ1) is 13.6. The summed E-state index contributed by atoms with van der Waals surface area (Å²) in [6.07, 6.45) is 2.28. The number of aromatic nitrogens is 3. The van der Waals surface area contributed by atoms with Gasteiger partial charge in [-0.1, -0.05) is 34.6 Å². The number of nitrogens with zero attached hydrogens (tertiary/aromatic N) is 3. The maximum atomic E-state index is 12.0. The molecule has 19 heavy (non-hydrogen) atoms. The molecule has 0 saturated heterocycles. The van der Waals surface area contributed by atoms with Gasteiger partial charge in [-0.2, -0.15) is 0 Å². The molecule has 0 unspecified atom stereocenters. The lowest BCUT2D eigenvalue weighted by Gasteiger charge is -1.98. The van der Waals surface area contributed by atoms with E-state index in [4.69, 9.17) is 5.73 Å². The Hall–Kier alpha value is -1.82. The average Bonchev–Trinajstić information content (AvgIpc) is 3.04. The molecule has 8 heteroatoms. The van der Waals surface area contributed by atoms with Crippen LogP contribution in [0.3, 0.4) is 0 Å². The van der Waals surface area contributed by atoms with Gasteiger partial charge in [0.15, 0.2) is 5.13 Å². The van der Waals surface area contributed by atoms with Crippen molar-refractivity contribution in [1.29, 1.82) is 0 Å². The maximum absolute atomic E-state index is 12.0. The van der Waals surface area contributed by atoms with Crippen molar-refractivity contribution in [3.05, 3.63) is 21.6 Å². The van der Waals surface area contributed by atoms with Crippen LogP contribution in [0.15, 0.2) is 6.20 Å². The third-order valence-corrected chi connectivity index (χ3v) is 3.73. The first-order valence-electron chi connectivity index (χ1n) is 5.52. The molecule has 98 valence electrons. The zero-order chi connectivity index (χ0) is 13.7. The second-order valence-corrected chi connectivity index (χ2v) is 5.18. The summed E-state index contributed by atoms with van der Waals surface area (Å²) < 4.78 is 3.78. The van der Waals surface area contributed by atoms with Crippen LogP contribution in [0.5, 0.6) is 0 Å².